The van der Waals surface area contributed by atoms with Crippen LogP contribution in [-0.4, -0.2) is 6.36 Å². The van der Waals surface area contributed by atoms with E-state index in [-0.39, 0.29) is 35.1 Å². The van der Waals surface area contributed by atoms with Crippen LogP contribution in [-0.2, 0) is 19.3 Å². The summed E-state index contributed by atoms with van der Waals surface area (Å²) >= 11 is 0. The third kappa shape index (κ3) is 4.79. The van der Waals surface area contributed by atoms with E-state index in [1.807, 2.05) is 6.92 Å². The minimum Gasteiger partial charge on any atom is -0.399 e. The standard InChI is InChI=1S/C22H19F7O/c1-2-3-4-5-12-8-16(23)19(17(24)9-12)13-6-7-15-14(10-13)11-18(25)21(20(15)26)30-22(27,28)29/h6,8-9,11H,2-5,7,10H2,1H3. The van der Waals surface area contributed by atoms with Gasteiger partial charge in [-0.05, 0) is 66.1 Å². The molecule has 1 aliphatic carbocycles. The van der Waals surface area contributed by atoms with E-state index in [0.29, 0.717) is 18.1 Å². The molecule has 0 atom stereocenters. The quantitative estimate of drug-likeness (QED) is 0.351. The molecule has 3 rings (SSSR count). The van der Waals surface area contributed by atoms with Gasteiger partial charge in [0, 0.05) is 5.56 Å². The van der Waals surface area contributed by atoms with Gasteiger partial charge < -0.3 is 4.74 Å². The molecule has 0 amide bonds. The number of ether oxygens (including phenoxy) is 1. The van der Waals surface area contributed by atoms with Crippen LogP contribution in [0, 0.1) is 23.3 Å². The Labute approximate surface area is 169 Å². The van der Waals surface area contributed by atoms with Gasteiger partial charge in [-0.3, -0.25) is 0 Å². The monoisotopic (exact) mass is 432 g/mol. The molecular weight excluding hydrogens is 413 g/mol. The summed E-state index contributed by atoms with van der Waals surface area (Å²) in [6, 6.07) is 3.19. The van der Waals surface area contributed by atoms with Crippen molar-refractivity contribution < 1.29 is 35.5 Å². The summed E-state index contributed by atoms with van der Waals surface area (Å²) in [6.07, 6.45) is -1.16. The van der Waals surface area contributed by atoms with Gasteiger partial charge in [-0.2, -0.15) is 0 Å². The lowest BCUT2D eigenvalue weighted by Crippen LogP contribution is -2.20. The van der Waals surface area contributed by atoms with Gasteiger partial charge in [0.2, 0.25) is 5.75 Å². The lowest BCUT2D eigenvalue weighted by atomic mass is 9.86. The normalized spacial score (nSPS) is 13.8. The van der Waals surface area contributed by atoms with Crippen molar-refractivity contribution in [3.05, 3.63) is 69.8 Å². The van der Waals surface area contributed by atoms with Gasteiger partial charge in [-0.1, -0.05) is 25.8 Å². The van der Waals surface area contributed by atoms with Crippen molar-refractivity contribution in [3.63, 3.8) is 0 Å². The zero-order valence-corrected chi connectivity index (χ0v) is 16.1. The fourth-order valence-electron chi connectivity index (χ4n) is 3.63. The van der Waals surface area contributed by atoms with Gasteiger partial charge in [-0.25, -0.2) is 17.6 Å². The third-order valence-corrected chi connectivity index (χ3v) is 5.01. The predicted octanol–water partition coefficient (Wildman–Crippen LogP) is 7.06. The predicted molar refractivity (Wildman–Crippen MR) is 98.0 cm³/mol. The van der Waals surface area contributed by atoms with Crippen LogP contribution in [0.15, 0.2) is 24.3 Å². The molecule has 30 heavy (non-hydrogen) atoms. The van der Waals surface area contributed by atoms with E-state index in [1.165, 1.54) is 18.2 Å². The van der Waals surface area contributed by atoms with Crippen molar-refractivity contribution in [1.29, 1.82) is 0 Å². The van der Waals surface area contributed by atoms with Gasteiger partial charge >= 0.3 is 6.36 Å². The summed E-state index contributed by atoms with van der Waals surface area (Å²) < 4.78 is 98.2. The largest absolute Gasteiger partial charge is 0.573 e. The minimum atomic E-state index is -5.25. The maximum Gasteiger partial charge on any atom is 0.573 e. The maximum absolute atomic E-state index is 14.6. The highest BCUT2D eigenvalue weighted by Gasteiger charge is 2.35. The number of hydrogen-bond acceptors (Lipinski definition) is 1. The molecule has 162 valence electrons. The summed E-state index contributed by atoms with van der Waals surface area (Å²) in [6.45, 7) is 2.02. The number of aryl methyl sites for hydroxylation is 1. The molecule has 0 saturated heterocycles. The zero-order chi connectivity index (χ0) is 22.1. The second kappa shape index (κ2) is 8.70. The third-order valence-electron chi connectivity index (χ3n) is 5.01. The molecule has 0 radical (unpaired) electrons. The van der Waals surface area contributed by atoms with E-state index in [4.69, 9.17) is 0 Å². The van der Waals surface area contributed by atoms with Crippen LogP contribution in [0.5, 0.6) is 5.75 Å². The molecular formula is C22H19F7O. The lowest BCUT2D eigenvalue weighted by Gasteiger charge is -2.21. The highest BCUT2D eigenvalue weighted by Crippen LogP contribution is 2.38. The Hall–Kier alpha value is -2.51. The number of unbranched alkanes of at least 4 members (excludes halogenated alkanes) is 2. The summed E-state index contributed by atoms with van der Waals surface area (Å²) in [4.78, 5) is 0. The van der Waals surface area contributed by atoms with Crippen LogP contribution in [0.2, 0.25) is 0 Å². The molecule has 0 heterocycles. The Balaban J connectivity index is 1.90. The Bertz CT molecular complexity index is 953. The Kier molecular flexibility index (Phi) is 6.43. The van der Waals surface area contributed by atoms with Crippen LogP contribution >= 0.6 is 0 Å². The van der Waals surface area contributed by atoms with Crippen LogP contribution in [0.25, 0.3) is 5.57 Å². The van der Waals surface area contributed by atoms with Crippen molar-refractivity contribution in [2.24, 2.45) is 0 Å². The topological polar surface area (TPSA) is 9.23 Å². The maximum atomic E-state index is 14.6. The fraction of sp³-hybridized carbons (Fsp3) is 0.364. The summed E-state index contributed by atoms with van der Waals surface area (Å²) in [5, 5.41) is 0. The van der Waals surface area contributed by atoms with Crippen molar-refractivity contribution >= 4 is 5.57 Å². The molecule has 1 nitrogen and oxygen atoms in total. The SMILES string of the molecule is CCCCCc1cc(F)c(C2=CCc3c(cc(F)c(OC(F)(F)F)c3F)C2)c(F)c1. The van der Waals surface area contributed by atoms with Crippen molar-refractivity contribution in [1.82, 2.24) is 0 Å². The summed E-state index contributed by atoms with van der Waals surface area (Å²) in [5.74, 6) is -6.10. The number of halogens is 7. The van der Waals surface area contributed by atoms with Gasteiger partial charge in [0.15, 0.2) is 11.6 Å². The number of benzene rings is 2. The van der Waals surface area contributed by atoms with Gasteiger partial charge in [0.05, 0.1) is 0 Å². The molecule has 0 unspecified atom stereocenters. The molecule has 8 heteroatoms. The van der Waals surface area contributed by atoms with Gasteiger partial charge in [-0.15, -0.1) is 13.2 Å². The highest BCUT2D eigenvalue weighted by atomic mass is 19.4. The Morgan fingerprint density at radius 3 is 2.20 bits per heavy atom. The minimum absolute atomic E-state index is 0.0165. The summed E-state index contributed by atoms with van der Waals surface area (Å²) in [7, 11) is 0. The molecule has 0 aliphatic heterocycles. The van der Waals surface area contributed by atoms with E-state index in [2.05, 4.69) is 4.74 Å². The Morgan fingerprint density at radius 1 is 0.933 bits per heavy atom. The number of rotatable bonds is 6. The first-order valence-electron chi connectivity index (χ1n) is 9.53. The summed E-state index contributed by atoms with van der Waals surface area (Å²) in [5.41, 5.74) is 0.224. The van der Waals surface area contributed by atoms with E-state index in [1.54, 1.807) is 0 Å². The molecule has 0 spiro atoms. The number of hydrogen-bond donors (Lipinski definition) is 0. The van der Waals surface area contributed by atoms with E-state index in [0.717, 1.165) is 19.3 Å². The molecule has 0 fully saturated rings. The molecule has 0 saturated carbocycles. The fourth-order valence-corrected chi connectivity index (χ4v) is 3.63. The molecule has 1 aliphatic rings. The zero-order valence-electron chi connectivity index (χ0n) is 16.1. The van der Waals surface area contributed by atoms with Gasteiger partial charge in [0.1, 0.15) is 11.6 Å². The lowest BCUT2D eigenvalue weighted by molar-refractivity contribution is -0.276. The first-order valence-corrected chi connectivity index (χ1v) is 9.53. The average molecular weight is 432 g/mol. The Morgan fingerprint density at radius 2 is 1.60 bits per heavy atom. The first kappa shape index (κ1) is 22.2. The van der Waals surface area contributed by atoms with Crippen molar-refractivity contribution in [2.45, 2.75) is 51.8 Å². The van der Waals surface area contributed by atoms with Crippen molar-refractivity contribution in [3.8, 4) is 5.75 Å². The van der Waals surface area contributed by atoms with Crippen LogP contribution in [0.3, 0.4) is 0 Å². The van der Waals surface area contributed by atoms with Gasteiger partial charge in [0.25, 0.3) is 0 Å². The van der Waals surface area contributed by atoms with E-state index in [9.17, 15) is 30.7 Å². The van der Waals surface area contributed by atoms with Crippen LogP contribution in [0.4, 0.5) is 30.7 Å². The second-order valence-electron chi connectivity index (χ2n) is 7.19. The first-order chi connectivity index (χ1) is 14.1. The number of allylic oxidation sites excluding steroid dienone is 2. The molecule has 0 bridgehead atoms. The van der Waals surface area contributed by atoms with E-state index >= 15 is 0 Å². The molecule has 0 N–H and O–H groups in total. The molecule has 2 aromatic carbocycles. The smallest absolute Gasteiger partial charge is 0.399 e. The highest BCUT2D eigenvalue weighted by molar-refractivity contribution is 5.72. The van der Waals surface area contributed by atoms with Crippen molar-refractivity contribution in [2.75, 3.05) is 0 Å². The molecule has 2 aromatic rings. The van der Waals surface area contributed by atoms with Crippen LogP contribution in [0.1, 0.15) is 48.4 Å². The molecule has 0 aromatic heterocycles. The second-order valence-corrected chi connectivity index (χ2v) is 7.19. The van der Waals surface area contributed by atoms with Crippen LogP contribution < -0.4 is 4.74 Å². The van der Waals surface area contributed by atoms with E-state index < -0.39 is 35.4 Å². The number of alkyl halides is 3. The number of fused-ring (bicyclic) bond motifs is 1. The average Bonchev–Trinajstić information content (AvgIpc) is 2.64.